The fourth-order valence-electron chi connectivity index (χ4n) is 2.41. The second-order valence-corrected chi connectivity index (χ2v) is 5.64. The molecule has 0 bridgehead atoms. The number of nitrogens with zero attached hydrogens (tertiary/aromatic N) is 1. The first kappa shape index (κ1) is 14.6. The maximum atomic E-state index is 12.1. The van der Waals surface area contributed by atoms with Crippen molar-refractivity contribution in [3.05, 3.63) is 33.8 Å². The number of benzene rings is 1. The second kappa shape index (κ2) is 6.60. The van der Waals surface area contributed by atoms with E-state index in [4.69, 9.17) is 23.2 Å². The fourth-order valence-corrected chi connectivity index (χ4v) is 2.91. The molecule has 1 aliphatic rings. The Balaban J connectivity index is 1.96. The van der Waals surface area contributed by atoms with Gasteiger partial charge in [0.25, 0.3) is 0 Å². The Labute approximate surface area is 123 Å². The van der Waals surface area contributed by atoms with Gasteiger partial charge in [-0.2, -0.15) is 0 Å². The van der Waals surface area contributed by atoms with E-state index in [2.05, 4.69) is 5.32 Å². The molecule has 0 aromatic heterocycles. The lowest BCUT2D eigenvalue weighted by Gasteiger charge is -2.32. The van der Waals surface area contributed by atoms with Gasteiger partial charge >= 0.3 is 0 Å². The van der Waals surface area contributed by atoms with Crippen molar-refractivity contribution >= 4 is 29.1 Å². The van der Waals surface area contributed by atoms with E-state index in [0.717, 1.165) is 31.4 Å². The Morgan fingerprint density at radius 1 is 1.42 bits per heavy atom. The SMILES string of the molecule is CNC1CCCN(CCc2ccc(Cl)cc2Cl)C1=O. The minimum Gasteiger partial charge on any atom is -0.341 e. The molecule has 2 rings (SSSR count). The molecule has 1 fully saturated rings. The van der Waals surface area contributed by atoms with E-state index in [1.54, 1.807) is 6.07 Å². The van der Waals surface area contributed by atoms with Crippen molar-refractivity contribution in [3.63, 3.8) is 0 Å². The smallest absolute Gasteiger partial charge is 0.239 e. The molecule has 1 saturated heterocycles. The molecule has 5 heteroatoms. The van der Waals surface area contributed by atoms with Crippen LogP contribution in [0.2, 0.25) is 10.0 Å². The number of halogens is 2. The van der Waals surface area contributed by atoms with Crippen LogP contribution in [0, 0.1) is 0 Å². The number of likely N-dealkylation sites (tertiary alicyclic amines) is 1. The van der Waals surface area contributed by atoms with Gasteiger partial charge in [-0.15, -0.1) is 0 Å². The van der Waals surface area contributed by atoms with Crippen molar-refractivity contribution in [1.29, 1.82) is 0 Å². The third-order valence-corrected chi connectivity index (χ3v) is 4.13. The molecule has 0 radical (unpaired) electrons. The number of piperidine rings is 1. The molecule has 19 heavy (non-hydrogen) atoms. The molecule has 1 unspecified atom stereocenters. The number of nitrogens with one attached hydrogen (secondary N) is 1. The average molecular weight is 301 g/mol. The lowest BCUT2D eigenvalue weighted by Crippen LogP contribution is -2.50. The number of hydrogen-bond donors (Lipinski definition) is 1. The summed E-state index contributed by atoms with van der Waals surface area (Å²) >= 11 is 12.0. The van der Waals surface area contributed by atoms with E-state index in [9.17, 15) is 4.79 Å². The van der Waals surface area contributed by atoms with Crippen LogP contribution < -0.4 is 5.32 Å². The molecule has 3 nitrogen and oxygen atoms in total. The van der Waals surface area contributed by atoms with Crippen LogP contribution >= 0.6 is 23.2 Å². The summed E-state index contributed by atoms with van der Waals surface area (Å²) < 4.78 is 0. The van der Waals surface area contributed by atoms with Crippen molar-refractivity contribution in [2.24, 2.45) is 0 Å². The molecule has 1 heterocycles. The summed E-state index contributed by atoms with van der Waals surface area (Å²) in [6.45, 7) is 1.54. The van der Waals surface area contributed by atoms with E-state index < -0.39 is 0 Å². The van der Waals surface area contributed by atoms with Gasteiger partial charge in [-0.05, 0) is 44.0 Å². The summed E-state index contributed by atoms with van der Waals surface area (Å²) in [5.74, 6) is 0.193. The molecule has 1 aliphatic heterocycles. The number of hydrogen-bond acceptors (Lipinski definition) is 2. The van der Waals surface area contributed by atoms with E-state index in [1.165, 1.54) is 0 Å². The number of carbonyl (C=O) groups is 1. The molecule has 1 N–H and O–H groups in total. The maximum absolute atomic E-state index is 12.1. The van der Waals surface area contributed by atoms with E-state index in [0.29, 0.717) is 16.6 Å². The summed E-state index contributed by atoms with van der Waals surface area (Å²) in [5, 5.41) is 4.37. The first-order chi connectivity index (χ1) is 9.11. The van der Waals surface area contributed by atoms with E-state index in [1.807, 2.05) is 24.1 Å². The standard InChI is InChI=1S/C14H18Cl2N2O/c1-17-13-3-2-7-18(14(13)19)8-6-10-4-5-11(15)9-12(10)16/h4-5,9,13,17H,2-3,6-8H2,1H3. The molecular formula is C14H18Cl2N2O. The number of amides is 1. The van der Waals surface area contributed by atoms with Crippen molar-refractivity contribution in [1.82, 2.24) is 10.2 Å². The van der Waals surface area contributed by atoms with Crippen molar-refractivity contribution in [2.45, 2.75) is 25.3 Å². The molecule has 0 saturated carbocycles. The van der Waals surface area contributed by atoms with Crippen LogP contribution in [0.5, 0.6) is 0 Å². The zero-order valence-electron chi connectivity index (χ0n) is 11.0. The van der Waals surface area contributed by atoms with Gasteiger partial charge in [0.05, 0.1) is 6.04 Å². The summed E-state index contributed by atoms with van der Waals surface area (Å²) in [5.41, 5.74) is 1.03. The molecule has 0 spiro atoms. The van der Waals surface area contributed by atoms with E-state index in [-0.39, 0.29) is 11.9 Å². The Kier molecular flexibility index (Phi) is 5.08. The van der Waals surface area contributed by atoms with Crippen molar-refractivity contribution < 1.29 is 4.79 Å². The minimum absolute atomic E-state index is 0.0329. The van der Waals surface area contributed by atoms with Crippen LogP contribution in [0.15, 0.2) is 18.2 Å². The van der Waals surface area contributed by atoms with Gasteiger partial charge in [-0.25, -0.2) is 0 Å². The van der Waals surface area contributed by atoms with Crippen LogP contribution in [0.1, 0.15) is 18.4 Å². The zero-order valence-corrected chi connectivity index (χ0v) is 12.5. The molecule has 1 aromatic rings. The van der Waals surface area contributed by atoms with E-state index >= 15 is 0 Å². The Hall–Kier alpha value is -0.770. The lowest BCUT2D eigenvalue weighted by molar-refractivity contribution is -0.135. The summed E-state index contributed by atoms with van der Waals surface area (Å²) in [6, 6.07) is 5.47. The molecule has 104 valence electrons. The second-order valence-electron chi connectivity index (χ2n) is 4.79. The highest BCUT2D eigenvalue weighted by Gasteiger charge is 2.26. The highest BCUT2D eigenvalue weighted by Crippen LogP contribution is 2.22. The quantitative estimate of drug-likeness (QED) is 0.927. The highest BCUT2D eigenvalue weighted by molar-refractivity contribution is 6.35. The van der Waals surface area contributed by atoms with Gasteiger partial charge in [-0.1, -0.05) is 29.3 Å². The molecular weight excluding hydrogens is 283 g/mol. The van der Waals surface area contributed by atoms with Crippen LogP contribution in [-0.2, 0) is 11.2 Å². The number of rotatable bonds is 4. The molecule has 0 aliphatic carbocycles. The third-order valence-electron chi connectivity index (χ3n) is 3.55. The largest absolute Gasteiger partial charge is 0.341 e. The maximum Gasteiger partial charge on any atom is 0.239 e. The van der Waals surface area contributed by atoms with Gasteiger partial charge in [-0.3, -0.25) is 4.79 Å². The highest BCUT2D eigenvalue weighted by atomic mass is 35.5. The van der Waals surface area contributed by atoms with Gasteiger partial charge in [0.1, 0.15) is 0 Å². The van der Waals surface area contributed by atoms with Crippen molar-refractivity contribution in [3.8, 4) is 0 Å². The normalized spacial score (nSPS) is 19.8. The lowest BCUT2D eigenvalue weighted by atomic mass is 10.0. The summed E-state index contributed by atoms with van der Waals surface area (Å²) in [6.07, 6.45) is 2.73. The topological polar surface area (TPSA) is 32.3 Å². The summed E-state index contributed by atoms with van der Waals surface area (Å²) in [7, 11) is 1.84. The number of likely N-dealkylation sites (N-methyl/N-ethyl adjacent to an activating group) is 1. The minimum atomic E-state index is -0.0329. The number of carbonyl (C=O) groups excluding carboxylic acids is 1. The first-order valence-electron chi connectivity index (χ1n) is 6.52. The van der Waals surface area contributed by atoms with Crippen LogP contribution in [0.4, 0.5) is 0 Å². The predicted molar refractivity (Wildman–Crippen MR) is 78.8 cm³/mol. The third kappa shape index (κ3) is 3.62. The van der Waals surface area contributed by atoms with Gasteiger partial charge in [0.2, 0.25) is 5.91 Å². The van der Waals surface area contributed by atoms with Gasteiger partial charge in [0, 0.05) is 23.1 Å². The van der Waals surface area contributed by atoms with Gasteiger partial charge in [0.15, 0.2) is 0 Å². The Morgan fingerprint density at radius 2 is 2.21 bits per heavy atom. The average Bonchev–Trinajstić information content (AvgIpc) is 2.39. The van der Waals surface area contributed by atoms with Crippen LogP contribution in [0.25, 0.3) is 0 Å². The fraction of sp³-hybridized carbons (Fsp3) is 0.500. The van der Waals surface area contributed by atoms with Crippen molar-refractivity contribution in [2.75, 3.05) is 20.1 Å². The molecule has 1 atom stereocenters. The summed E-state index contributed by atoms with van der Waals surface area (Å²) in [4.78, 5) is 14.0. The van der Waals surface area contributed by atoms with Crippen LogP contribution in [-0.4, -0.2) is 37.0 Å². The van der Waals surface area contributed by atoms with Crippen LogP contribution in [0.3, 0.4) is 0 Å². The first-order valence-corrected chi connectivity index (χ1v) is 7.27. The Bertz CT molecular complexity index is 465. The molecule has 1 aromatic carbocycles. The zero-order chi connectivity index (χ0) is 13.8. The monoisotopic (exact) mass is 300 g/mol. The van der Waals surface area contributed by atoms with Gasteiger partial charge < -0.3 is 10.2 Å². The molecule has 1 amide bonds. The predicted octanol–water partition coefficient (Wildman–Crippen LogP) is 2.75. The Morgan fingerprint density at radius 3 is 2.89 bits per heavy atom.